The SMILES string of the molecule is COc1ccc(-c2nc(NCc3ccccc3F)nc3nn(C)c(N)c23)c(F)c1. The van der Waals surface area contributed by atoms with Gasteiger partial charge in [0, 0.05) is 30.8 Å². The summed E-state index contributed by atoms with van der Waals surface area (Å²) in [4.78, 5) is 8.79. The van der Waals surface area contributed by atoms with Gasteiger partial charge in [-0.25, -0.2) is 13.8 Å². The highest BCUT2D eigenvalue weighted by atomic mass is 19.1. The largest absolute Gasteiger partial charge is 0.497 e. The maximum absolute atomic E-state index is 14.7. The van der Waals surface area contributed by atoms with Crippen LogP contribution in [0.4, 0.5) is 20.5 Å². The number of nitrogens with two attached hydrogens (primary N) is 1. The minimum absolute atomic E-state index is 0.158. The lowest BCUT2D eigenvalue weighted by atomic mass is 10.1. The van der Waals surface area contributed by atoms with Crippen molar-refractivity contribution in [2.75, 3.05) is 18.2 Å². The van der Waals surface area contributed by atoms with E-state index in [1.165, 1.54) is 23.9 Å². The van der Waals surface area contributed by atoms with E-state index in [0.29, 0.717) is 28.2 Å². The van der Waals surface area contributed by atoms with Gasteiger partial charge < -0.3 is 15.8 Å². The van der Waals surface area contributed by atoms with Gasteiger partial charge in [-0.1, -0.05) is 18.2 Å². The minimum atomic E-state index is -0.521. The number of ether oxygens (including phenoxy) is 1. The smallest absolute Gasteiger partial charge is 0.225 e. The molecule has 0 saturated heterocycles. The molecule has 0 atom stereocenters. The number of rotatable bonds is 5. The Morgan fingerprint density at radius 1 is 1.10 bits per heavy atom. The number of nitrogen functional groups attached to an aromatic ring is 1. The Hall–Kier alpha value is -3.75. The summed E-state index contributed by atoms with van der Waals surface area (Å²) in [5.41, 5.74) is 7.40. The summed E-state index contributed by atoms with van der Waals surface area (Å²) in [5, 5.41) is 7.69. The summed E-state index contributed by atoms with van der Waals surface area (Å²) in [6.07, 6.45) is 0. The van der Waals surface area contributed by atoms with Crippen molar-refractivity contribution in [1.29, 1.82) is 0 Å². The van der Waals surface area contributed by atoms with E-state index in [1.54, 1.807) is 37.4 Å². The number of nitrogens with zero attached hydrogens (tertiary/aromatic N) is 4. The molecule has 0 aliphatic heterocycles. The van der Waals surface area contributed by atoms with Crippen LogP contribution in [-0.4, -0.2) is 26.9 Å². The molecule has 7 nitrogen and oxygen atoms in total. The van der Waals surface area contributed by atoms with E-state index in [-0.39, 0.29) is 29.6 Å². The molecule has 2 aromatic carbocycles. The fourth-order valence-corrected chi connectivity index (χ4v) is 3.02. The molecule has 0 saturated carbocycles. The van der Waals surface area contributed by atoms with Crippen molar-refractivity contribution >= 4 is 22.8 Å². The number of hydrogen-bond acceptors (Lipinski definition) is 6. The lowest BCUT2D eigenvalue weighted by molar-refractivity contribution is 0.411. The zero-order chi connectivity index (χ0) is 20.5. The van der Waals surface area contributed by atoms with Crippen LogP contribution < -0.4 is 15.8 Å². The number of fused-ring (bicyclic) bond motifs is 1. The van der Waals surface area contributed by atoms with Gasteiger partial charge in [-0.2, -0.15) is 10.1 Å². The van der Waals surface area contributed by atoms with Crippen LogP contribution in [0.5, 0.6) is 5.75 Å². The third kappa shape index (κ3) is 3.42. The zero-order valence-corrected chi connectivity index (χ0v) is 15.8. The topological polar surface area (TPSA) is 90.9 Å². The highest BCUT2D eigenvalue weighted by molar-refractivity contribution is 5.99. The van der Waals surface area contributed by atoms with E-state index in [0.717, 1.165) is 0 Å². The van der Waals surface area contributed by atoms with Crippen LogP contribution in [0.1, 0.15) is 5.56 Å². The van der Waals surface area contributed by atoms with Gasteiger partial charge in [0.2, 0.25) is 5.95 Å². The summed E-state index contributed by atoms with van der Waals surface area (Å²) in [7, 11) is 3.12. The molecule has 2 aromatic heterocycles. The molecular formula is C20H18F2N6O. The standard InChI is InChI=1S/C20H18F2N6O/c1-28-18(23)16-17(13-8-7-12(29-2)9-15(13)22)25-20(26-19(16)27-28)24-10-11-5-3-4-6-14(11)21/h3-9H,10,23H2,1-2H3,(H,24,26,27). The number of halogens is 2. The molecule has 0 unspecified atom stereocenters. The maximum atomic E-state index is 14.7. The van der Waals surface area contributed by atoms with Crippen LogP contribution in [0.25, 0.3) is 22.3 Å². The van der Waals surface area contributed by atoms with Gasteiger partial charge >= 0.3 is 0 Å². The highest BCUT2D eigenvalue weighted by Crippen LogP contribution is 2.33. The lowest BCUT2D eigenvalue weighted by Crippen LogP contribution is -2.06. The lowest BCUT2D eigenvalue weighted by Gasteiger charge is -2.10. The molecule has 0 bridgehead atoms. The second kappa shape index (κ2) is 7.34. The average molecular weight is 396 g/mol. The number of aromatic nitrogens is 4. The molecular weight excluding hydrogens is 378 g/mol. The predicted octanol–water partition coefficient (Wildman–Crippen LogP) is 3.51. The molecule has 4 rings (SSSR count). The molecule has 0 amide bonds. The van der Waals surface area contributed by atoms with Crippen LogP contribution in [-0.2, 0) is 13.6 Å². The Morgan fingerprint density at radius 3 is 2.62 bits per heavy atom. The average Bonchev–Trinajstić information content (AvgIpc) is 3.00. The Bertz CT molecular complexity index is 1210. The Balaban J connectivity index is 1.81. The number of anilines is 2. The summed E-state index contributed by atoms with van der Waals surface area (Å²) >= 11 is 0. The molecule has 2 heterocycles. The third-order valence-electron chi connectivity index (χ3n) is 4.57. The molecule has 0 radical (unpaired) electrons. The van der Waals surface area contributed by atoms with E-state index >= 15 is 0 Å². The van der Waals surface area contributed by atoms with E-state index in [1.807, 2.05) is 0 Å². The van der Waals surface area contributed by atoms with Crippen LogP contribution in [0.15, 0.2) is 42.5 Å². The molecule has 3 N–H and O–H groups in total. The number of hydrogen-bond donors (Lipinski definition) is 2. The van der Waals surface area contributed by atoms with Crippen LogP contribution in [0, 0.1) is 11.6 Å². The molecule has 148 valence electrons. The van der Waals surface area contributed by atoms with Gasteiger partial charge in [-0.3, -0.25) is 4.68 Å². The summed E-state index contributed by atoms with van der Waals surface area (Å²) in [6, 6.07) is 10.8. The first-order valence-corrected chi connectivity index (χ1v) is 8.79. The van der Waals surface area contributed by atoms with Crippen molar-refractivity contribution in [2.24, 2.45) is 7.05 Å². The molecule has 0 aliphatic carbocycles. The Labute approximate surface area is 165 Å². The van der Waals surface area contributed by atoms with Gasteiger partial charge in [0.1, 0.15) is 23.2 Å². The number of benzene rings is 2. The summed E-state index contributed by atoms with van der Waals surface area (Å²) in [6.45, 7) is 0.158. The molecule has 0 fully saturated rings. The first-order valence-electron chi connectivity index (χ1n) is 8.79. The fourth-order valence-electron chi connectivity index (χ4n) is 3.02. The molecule has 0 spiro atoms. The number of aryl methyl sites for hydroxylation is 1. The van der Waals surface area contributed by atoms with E-state index in [4.69, 9.17) is 10.5 Å². The third-order valence-corrected chi connectivity index (χ3v) is 4.57. The van der Waals surface area contributed by atoms with Gasteiger partial charge in [-0.05, 0) is 18.2 Å². The summed E-state index contributed by atoms with van der Waals surface area (Å²) in [5.74, 6) is 0.0146. The normalized spacial score (nSPS) is 11.0. The highest BCUT2D eigenvalue weighted by Gasteiger charge is 2.20. The second-order valence-corrected chi connectivity index (χ2v) is 6.39. The molecule has 4 aromatic rings. The minimum Gasteiger partial charge on any atom is -0.497 e. The van der Waals surface area contributed by atoms with Crippen LogP contribution in [0.3, 0.4) is 0 Å². The summed E-state index contributed by atoms with van der Waals surface area (Å²) < 4.78 is 35.2. The number of methoxy groups -OCH3 is 1. The van der Waals surface area contributed by atoms with Crippen molar-refractivity contribution in [3.05, 3.63) is 59.7 Å². The van der Waals surface area contributed by atoms with E-state index in [9.17, 15) is 8.78 Å². The zero-order valence-electron chi connectivity index (χ0n) is 15.8. The first kappa shape index (κ1) is 18.6. The van der Waals surface area contributed by atoms with Gasteiger partial charge in [0.25, 0.3) is 0 Å². The number of nitrogens with one attached hydrogen (secondary N) is 1. The quantitative estimate of drug-likeness (QED) is 0.537. The van der Waals surface area contributed by atoms with E-state index in [2.05, 4.69) is 20.4 Å². The second-order valence-electron chi connectivity index (χ2n) is 6.39. The van der Waals surface area contributed by atoms with Crippen molar-refractivity contribution < 1.29 is 13.5 Å². The predicted molar refractivity (Wildman–Crippen MR) is 106 cm³/mol. The van der Waals surface area contributed by atoms with Crippen molar-refractivity contribution in [3.8, 4) is 17.0 Å². The van der Waals surface area contributed by atoms with Gasteiger partial charge in [-0.15, -0.1) is 0 Å². The molecule has 9 heteroatoms. The Morgan fingerprint density at radius 2 is 1.90 bits per heavy atom. The van der Waals surface area contributed by atoms with Crippen molar-refractivity contribution in [2.45, 2.75) is 6.54 Å². The van der Waals surface area contributed by atoms with Crippen LogP contribution >= 0.6 is 0 Å². The Kier molecular flexibility index (Phi) is 4.71. The molecule has 29 heavy (non-hydrogen) atoms. The first-order chi connectivity index (χ1) is 14.0. The molecule has 0 aliphatic rings. The fraction of sp³-hybridized carbons (Fsp3) is 0.150. The van der Waals surface area contributed by atoms with Crippen molar-refractivity contribution in [1.82, 2.24) is 19.7 Å². The van der Waals surface area contributed by atoms with Gasteiger partial charge in [0.15, 0.2) is 5.65 Å². The monoisotopic (exact) mass is 396 g/mol. The van der Waals surface area contributed by atoms with E-state index < -0.39 is 5.82 Å². The maximum Gasteiger partial charge on any atom is 0.225 e. The van der Waals surface area contributed by atoms with Crippen LogP contribution in [0.2, 0.25) is 0 Å². The van der Waals surface area contributed by atoms with Gasteiger partial charge in [0.05, 0.1) is 18.2 Å². The van der Waals surface area contributed by atoms with Crippen molar-refractivity contribution in [3.63, 3.8) is 0 Å².